The van der Waals surface area contributed by atoms with Gasteiger partial charge in [0.05, 0.1) is 6.61 Å². The van der Waals surface area contributed by atoms with E-state index in [1.54, 1.807) is 19.1 Å². The molecule has 0 aromatic heterocycles. The largest absolute Gasteiger partial charge is 0.508 e. The molecule has 0 aliphatic heterocycles. The van der Waals surface area contributed by atoms with Crippen LogP contribution in [-0.2, 0) is 16.0 Å². The molecule has 4 nitrogen and oxygen atoms in total. The molecular formula is C11H15NO3. The Bertz CT molecular complexity index is 350. The molecule has 4 heteroatoms. The first-order chi connectivity index (χ1) is 7.13. The van der Waals surface area contributed by atoms with Crippen LogP contribution in [0.1, 0.15) is 18.9 Å². The highest BCUT2D eigenvalue weighted by Crippen LogP contribution is 2.21. The van der Waals surface area contributed by atoms with Gasteiger partial charge in [0.1, 0.15) is 5.75 Å². The quantitative estimate of drug-likeness (QED) is 0.447. The summed E-state index contributed by atoms with van der Waals surface area (Å²) in [6, 6.07) is 4.80. The third-order valence-electron chi connectivity index (χ3n) is 2.01. The fourth-order valence-electron chi connectivity index (χ4n) is 1.28. The average Bonchev–Trinajstić information content (AvgIpc) is 2.20. The number of esters is 1. The number of ether oxygens (including phenoxy) is 1. The lowest BCUT2D eigenvalue weighted by Gasteiger charge is -2.05. The number of aromatic hydroxyl groups is 1. The Morgan fingerprint density at radius 2 is 2.27 bits per heavy atom. The Labute approximate surface area is 88.7 Å². The second-order valence-corrected chi connectivity index (χ2v) is 3.19. The number of nitrogens with two attached hydrogens (primary N) is 1. The molecule has 0 aliphatic carbocycles. The number of carbonyl (C=O) groups is 1. The molecule has 1 aromatic carbocycles. The molecular weight excluding hydrogens is 194 g/mol. The number of phenols is 1. The van der Waals surface area contributed by atoms with Gasteiger partial charge in [-0.25, -0.2) is 0 Å². The van der Waals surface area contributed by atoms with Gasteiger partial charge in [0.25, 0.3) is 0 Å². The molecule has 0 heterocycles. The third-order valence-corrected chi connectivity index (χ3v) is 2.01. The van der Waals surface area contributed by atoms with Gasteiger partial charge in [-0.2, -0.15) is 0 Å². The van der Waals surface area contributed by atoms with Gasteiger partial charge in [-0.15, -0.1) is 0 Å². The summed E-state index contributed by atoms with van der Waals surface area (Å²) in [7, 11) is 0. The number of carbonyl (C=O) groups excluding carboxylic acids is 1. The van der Waals surface area contributed by atoms with Crippen molar-refractivity contribution in [3.05, 3.63) is 23.8 Å². The summed E-state index contributed by atoms with van der Waals surface area (Å²) in [5.74, 6) is -0.104. The minimum absolute atomic E-state index is 0.161. The van der Waals surface area contributed by atoms with E-state index in [1.807, 2.05) is 0 Å². The van der Waals surface area contributed by atoms with Gasteiger partial charge < -0.3 is 15.6 Å². The second-order valence-electron chi connectivity index (χ2n) is 3.19. The van der Waals surface area contributed by atoms with Gasteiger partial charge in [-0.3, -0.25) is 4.79 Å². The molecule has 0 saturated carbocycles. The number of rotatable bonds is 4. The van der Waals surface area contributed by atoms with Crippen molar-refractivity contribution in [3.8, 4) is 5.75 Å². The van der Waals surface area contributed by atoms with Crippen LogP contribution in [0, 0.1) is 0 Å². The fraction of sp³-hybridized carbons (Fsp3) is 0.364. The molecule has 0 amide bonds. The van der Waals surface area contributed by atoms with Crippen molar-refractivity contribution >= 4 is 11.7 Å². The van der Waals surface area contributed by atoms with Gasteiger partial charge in [-0.1, -0.05) is 0 Å². The Morgan fingerprint density at radius 1 is 1.53 bits per heavy atom. The maximum atomic E-state index is 11.1. The Kier molecular flexibility index (Phi) is 3.97. The van der Waals surface area contributed by atoms with Crippen LogP contribution in [0.25, 0.3) is 0 Å². The summed E-state index contributed by atoms with van der Waals surface area (Å²) in [4.78, 5) is 11.1. The van der Waals surface area contributed by atoms with E-state index in [0.717, 1.165) is 0 Å². The zero-order valence-corrected chi connectivity index (χ0v) is 8.69. The van der Waals surface area contributed by atoms with Gasteiger partial charge >= 0.3 is 5.97 Å². The maximum Gasteiger partial charge on any atom is 0.306 e. The van der Waals surface area contributed by atoms with Crippen LogP contribution in [0.15, 0.2) is 18.2 Å². The van der Waals surface area contributed by atoms with Crippen molar-refractivity contribution in [2.24, 2.45) is 0 Å². The van der Waals surface area contributed by atoms with Crippen molar-refractivity contribution in [2.45, 2.75) is 19.8 Å². The van der Waals surface area contributed by atoms with Crippen molar-refractivity contribution in [2.75, 3.05) is 12.3 Å². The molecule has 0 bridgehead atoms. The zero-order valence-electron chi connectivity index (χ0n) is 8.69. The first kappa shape index (κ1) is 11.4. The summed E-state index contributed by atoms with van der Waals surface area (Å²) in [6.07, 6.45) is 0.695. The standard InChI is InChI=1S/C11H15NO3/c1-2-15-11(14)6-3-8-7-9(12)4-5-10(8)13/h4-5,7,13H,2-3,6,12H2,1H3. The Hall–Kier alpha value is -1.71. The lowest BCUT2D eigenvalue weighted by Crippen LogP contribution is -2.05. The number of hydrogen-bond acceptors (Lipinski definition) is 4. The molecule has 3 N–H and O–H groups in total. The number of aryl methyl sites for hydroxylation is 1. The molecule has 1 aromatic rings. The zero-order chi connectivity index (χ0) is 11.3. The minimum Gasteiger partial charge on any atom is -0.508 e. The average molecular weight is 209 g/mol. The number of benzene rings is 1. The third kappa shape index (κ3) is 3.50. The van der Waals surface area contributed by atoms with Gasteiger partial charge in [-0.05, 0) is 37.1 Å². The predicted molar refractivity (Wildman–Crippen MR) is 57.5 cm³/mol. The summed E-state index contributed by atoms with van der Waals surface area (Å²) >= 11 is 0. The van der Waals surface area contributed by atoms with Crippen LogP contribution in [0.2, 0.25) is 0 Å². The highest BCUT2D eigenvalue weighted by atomic mass is 16.5. The molecule has 0 radical (unpaired) electrons. The summed E-state index contributed by atoms with van der Waals surface area (Å²) < 4.78 is 4.78. The molecule has 82 valence electrons. The molecule has 0 aliphatic rings. The normalized spacial score (nSPS) is 9.93. The fourth-order valence-corrected chi connectivity index (χ4v) is 1.28. The molecule has 0 spiro atoms. The van der Waals surface area contributed by atoms with Crippen molar-refractivity contribution in [1.82, 2.24) is 0 Å². The van der Waals surface area contributed by atoms with Gasteiger partial charge in [0, 0.05) is 12.1 Å². The van der Waals surface area contributed by atoms with Crippen LogP contribution >= 0.6 is 0 Å². The number of nitrogen functional groups attached to an aromatic ring is 1. The summed E-state index contributed by atoms with van der Waals surface area (Å²) in [5.41, 5.74) is 6.81. The van der Waals surface area contributed by atoms with Crippen LogP contribution < -0.4 is 5.73 Å². The molecule has 15 heavy (non-hydrogen) atoms. The van der Waals surface area contributed by atoms with E-state index >= 15 is 0 Å². The minimum atomic E-state index is -0.265. The van der Waals surface area contributed by atoms with E-state index in [9.17, 15) is 9.90 Å². The van der Waals surface area contributed by atoms with Crippen molar-refractivity contribution < 1.29 is 14.6 Å². The predicted octanol–water partition coefficient (Wildman–Crippen LogP) is 1.47. The molecule has 1 rings (SSSR count). The van der Waals surface area contributed by atoms with Gasteiger partial charge in [0.15, 0.2) is 0 Å². The summed E-state index contributed by atoms with van der Waals surface area (Å²) in [5, 5.41) is 9.47. The van der Waals surface area contributed by atoms with E-state index in [2.05, 4.69) is 0 Å². The van der Waals surface area contributed by atoms with Gasteiger partial charge in [0.2, 0.25) is 0 Å². The lowest BCUT2D eigenvalue weighted by atomic mass is 10.1. The Morgan fingerprint density at radius 3 is 2.93 bits per heavy atom. The second kappa shape index (κ2) is 5.24. The van der Waals surface area contributed by atoms with Crippen LogP contribution in [0.4, 0.5) is 5.69 Å². The highest BCUT2D eigenvalue weighted by Gasteiger charge is 2.06. The van der Waals surface area contributed by atoms with Crippen molar-refractivity contribution in [1.29, 1.82) is 0 Å². The topological polar surface area (TPSA) is 72.5 Å². The Balaban J connectivity index is 2.57. The van der Waals surface area contributed by atoms with E-state index in [-0.39, 0.29) is 18.1 Å². The van der Waals surface area contributed by atoms with Crippen LogP contribution in [-0.4, -0.2) is 17.7 Å². The molecule has 0 saturated heterocycles. The maximum absolute atomic E-state index is 11.1. The number of hydrogen-bond donors (Lipinski definition) is 2. The van der Waals surface area contributed by atoms with Crippen molar-refractivity contribution in [3.63, 3.8) is 0 Å². The highest BCUT2D eigenvalue weighted by molar-refractivity contribution is 5.70. The first-order valence-corrected chi connectivity index (χ1v) is 4.86. The lowest BCUT2D eigenvalue weighted by molar-refractivity contribution is -0.143. The van der Waals surface area contributed by atoms with E-state index in [1.165, 1.54) is 6.07 Å². The molecule has 0 fully saturated rings. The number of phenolic OH excluding ortho intramolecular Hbond substituents is 1. The summed E-state index contributed by atoms with van der Waals surface area (Å²) in [6.45, 7) is 2.14. The van der Waals surface area contributed by atoms with Crippen LogP contribution in [0.3, 0.4) is 0 Å². The van der Waals surface area contributed by atoms with E-state index in [0.29, 0.717) is 24.3 Å². The molecule has 0 unspecified atom stereocenters. The monoisotopic (exact) mass is 209 g/mol. The van der Waals surface area contributed by atoms with Crippen LogP contribution in [0.5, 0.6) is 5.75 Å². The number of anilines is 1. The molecule has 0 atom stereocenters. The smallest absolute Gasteiger partial charge is 0.306 e. The van der Waals surface area contributed by atoms with E-state index < -0.39 is 0 Å². The first-order valence-electron chi connectivity index (χ1n) is 4.86. The van der Waals surface area contributed by atoms with E-state index in [4.69, 9.17) is 10.5 Å². The SMILES string of the molecule is CCOC(=O)CCc1cc(N)ccc1O.